The van der Waals surface area contributed by atoms with Crippen LogP contribution >= 0.6 is 0 Å². The van der Waals surface area contributed by atoms with E-state index in [0.29, 0.717) is 0 Å². The van der Waals surface area contributed by atoms with Gasteiger partial charge in [-0.05, 0) is 31.6 Å². The van der Waals surface area contributed by atoms with Crippen molar-refractivity contribution in [3.05, 3.63) is 18.0 Å². The third kappa shape index (κ3) is 3.84. The molecule has 3 heteroatoms. The van der Waals surface area contributed by atoms with Crippen LogP contribution in [0.3, 0.4) is 0 Å². The summed E-state index contributed by atoms with van der Waals surface area (Å²) in [6.45, 7) is 3.27. The van der Waals surface area contributed by atoms with E-state index >= 15 is 0 Å². The van der Waals surface area contributed by atoms with E-state index in [0.717, 1.165) is 18.5 Å². The highest BCUT2D eigenvalue weighted by Crippen LogP contribution is 2.27. The van der Waals surface area contributed by atoms with Crippen LogP contribution in [0, 0.1) is 5.92 Å². The zero-order chi connectivity index (χ0) is 12.1. The molecule has 1 fully saturated rings. The molecule has 1 aliphatic rings. The number of nitrogens with zero attached hydrogens (tertiary/aromatic N) is 2. The van der Waals surface area contributed by atoms with Crippen LogP contribution in [0.1, 0.15) is 51.0 Å². The molecule has 0 bridgehead atoms. The molecule has 1 heterocycles. The van der Waals surface area contributed by atoms with Crippen molar-refractivity contribution in [1.29, 1.82) is 0 Å². The van der Waals surface area contributed by atoms with E-state index in [1.807, 2.05) is 17.9 Å². The van der Waals surface area contributed by atoms with Crippen molar-refractivity contribution in [1.82, 2.24) is 15.1 Å². The first-order valence-electron chi connectivity index (χ1n) is 6.99. The summed E-state index contributed by atoms with van der Waals surface area (Å²) in [5.41, 5.74) is 1.29. The first kappa shape index (κ1) is 12.6. The highest BCUT2D eigenvalue weighted by Gasteiger charge is 2.19. The molecule has 17 heavy (non-hydrogen) atoms. The predicted molar refractivity (Wildman–Crippen MR) is 70.7 cm³/mol. The van der Waals surface area contributed by atoms with Crippen molar-refractivity contribution in [2.75, 3.05) is 0 Å². The Bertz CT molecular complexity index is 324. The summed E-state index contributed by atoms with van der Waals surface area (Å²) in [5.74, 6) is 0.997. The molecule has 0 amide bonds. The van der Waals surface area contributed by atoms with E-state index in [1.54, 1.807) is 0 Å². The monoisotopic (exact) mass is 235 g/mol. The second kappa shape index (κ2) is 6.20. The molecule has 0 aromatic carbocycles. The van der Waals surface area contributed by atoms with Gasteiger partial charge in [0.05, 0.1) is 6.20 Å². The van der Waals surface area contributed by atoms with E-state index in [1.165, 1.54) is 44.1 Å². The largest absolute Gasteiger partial charge is 0.310 e. The van der Waals surface area contributed by atoms with Crippen LogP contribution < -0.4 is 5.32 Å². The van der Waals surface area contributed by atoms with Crippen LogP contribution in [0.25, 0.3) is 0 Å². The van der Waals surface area contributed by atoms with Crippen LogP contribution in [-0.2, 0) is 13.6 Å². The number of nitrogens with one attached hydrogen (secondary N) is 1. The van der Waals surface area contributed by atoms with Gasteiger partial charge in [0.25, 0.3) is 0 Å². The molecule has 1 N–H and O–H groups in total. The Morgan fingerprint density at radius 2 is 2.12 bits per heavy atom. The van der Waals surface area contributed by atoms with Gasteiger partial charge < -0.3 is 5.32 Å². The fraction of sp³-hybridized carbons (Fsp3) is 0.786. The maximum absolute atomic E-state index is 4.19. The molecule has 0 atom stereocenters. The highest BCUT2D eigenvalue weighted by molar-refractivity contribution is 5.03. The summed E-state index contributed by atoms with van der Waals surface area (Å²) in [4.78, 5) is 0. The number of hydrogen-bond donors (Lipinski definition) is 1. The zero-order valence-corrected chi connectivity index (χ0v) is 11.2. The second-order valence-corrected chi connectivity index (χ2v) is 5.41. The molecule has 1 aromatic rings. The molecule has 1 saturated carbocycles. The lowest BCUT2D eigenvalue weighted by atomic mass is 9.83. The fourth-order valence-electron chi connectivity index (χ4n) is 2.89. The summed E-state index contributed by atoms with van der Waals surface area (Å²) < 4.78 is 1.87. The lowest BCUT2D eigenvalue weighted by Gasteiger charge is -2.28. The average molecular weight is 235 g/mol. The van der Waals surface area contributed by atoms with Crippen LogP contribution in [0.4, 0.5) is 0 Å². The van der Waals surface area contributed by atoms with Gasteiger partial charge in [-0.25, -0.2) is 0 Å². The first-order valence-corrected chi connectivity index (χ1v) is 6.99. The maximum Gasteiger partial charge on any atom is 0.0534 e. The minimum absolute atomic E-state index is 0.725. The van der Waals surface area contributed by atoms with Gasteiger partial charge in [-0.15, -0.1) is 0 Å². The third-order valence-electron chi connectivity index (χ3n) is 3.90. The molecule has 96 valence electrons. The Kier molecular flexibility index (Phi) is 4.60. The third-order valence-corrected chi connectivity index (χ3v) is 3.90. The highest BCUT2D eigenvalue weighted by atomic mass is 15.2. The van der Waals surface area contributed by atoms with Gasteiger partial charge in [-0.1, -0.05) is 19.8 Å². The Morgan fingerprint density at radius 1 is 1.35 bits per heavy atom. The molecule has 0 aliphatic heterocycles. The average Bonchev–Trinajstić information content (AvgIpc) is 2.75. The fourth-order valence-corrected chi connectivity index (χ4v) is 2.89. The van der Waals surface area contributed by atoms with E-state index in [-0.39, 0.29) is 0 Å². The van der Waals surface area contributed by atoms with Crippen LogP contribution in [0.15, 0.2) is 12.4 Å². The lowest BCUT2D eigenvalue weighted by molar-refractivity contribution is 0.277. The maximum atomic E-state index is 4.19. The minimum atomic E-state index is 0.725. The van der Waals surface area contributed by atoms with E-state index in [4.69, 9.17) is 0 Å². The van der Waals surface area contributed by atoms with Gasteiger partial charge in [0.15, 0.2) is 0 Å². The minimum Gasteiger partial charge on any atom is -0.310 e. The predicted octanol–water partition coefficient (Wildman–Crippen LogP) is 2.87. The van der Waals surface area contributed by atoms with E-state index < -0.39 is 0 Å². The quantitative estimate of drug-likeness (QED) is 0.850. The number of aromatic nitrogens is 2. The van der Waals surface area contributed by atoms with Gasteiger partial charge in [0.2, 0.25) is 0 Å². The molecule has 2 rings (SSSR count). The Hall–Kier alpha value is -0.830. The van der Waals surface area contributed by atoms with Crippen molar-refractivity contribution in [2.45, 2.75) is 58.0 Å². The van der Waals surface area contributed by atoms with Crippen LogP contribution in [-0.4, -0.2) is 15.8 Å². The first-order chi connectivity index (χ1) is 8.28. The topological polar surface area (TPSA) is 29.9 Å². The SMILES string of the molecule is CCCC1CCC(NCc2cnn(C)c2)CC1. The van der Waals surface area contributed by atoms with E-state index in [9.17, 15) is 0 Å². The Labute approximate surface area is 105 Å². The molecule has 1 aliphatic carbocycles. The molecule has 0 radical (unpaired) electrons. The molecule has 0 spiro atoms. The molecular formula is C14H25N3. The van der Waals surface area contributed by atoms with Gasteiger partial charge in [-0.2, -0.15) is 5.10 Å². The molecule has 1 aromatic heterocycles. The van der Waals surface area contributed by atoms with Crippen molar-refractivity contribution in [2.24, 2.45) is 13.0 Å². The molecule has 0 saturated heterocycles. The Morgan fingerprint density at radius 3 is 2.71 bits per heavy atom. The number of rotatable bonds is 5. The smallest absolute Gasteiger partial charge is 0.0534 e. The van der Waals surface area contributed by atoms with Gasteiger partial charge in [0.1, 0.15) is 0 Å². The van der Waals surface area contributed by atoms with Crippen molar-refractivity contribution >= 4 is 0 Å². The summed E-state index contributed by atoms with van der Waals surface area (Å²) >= 11 is 0. The molecular weight excluding hydrogens is 210 g/mol. The van der Waals surface area contributed by atoms with Crippen LogP contribution in [0.5, 0.6) is 0 Å². The van der Waals surface area contributed by atoms with Crippen molar-refractivity contribution in [3.63, 3.8) is 0 Å². The number of aryl methyl sites for hydroxylation is 1. The number of hydrogen-bond acceptors (Lipinski definition) is 2. The second-order valence-electron chi connectivity index (χ2n) is 5.41. The van der Waals surface area contributed by atoms with Gasteiger partial charge >= 0.3 is 0 Å². The summed E-state index contributed by atoms with van der Waals surface area (Å²) in [7, 11) is 1.97. The summed E-state index contributed by atoms with van der Waals surface area (Å²) in [5, 5.41) is 7.85. The van der Waals surface area contributed by atoms with Crippen molar-refractivity contribution in [3.8, 4) is 0 Å². The summed E-state index contributed by atoms with van der Waals surface area (Å²) in [6.07, 6.45) is 12.4. The normalized spacial score (nSPS) is 25.1. The standard InChI is InChI=1S/C14H25N3/c1-3-4-12-5-7-14(8-6-12)15-9-13-10-16-17(2)11-13/h10-12,14-15H,3-9H2,1-2H3. The van der Waals surface area contributed by atoms with E-state index in [2.05, 4.69) is 23.5 Å². The molecule has 3 nitrogen and oxygen atoms in total. The van der Waals surface area contributed by atoms with Crippen LogP contribution in [0.2, 0.25) is 0 Å². The lowest BCUT2D eigenvalue weighted by Crippen LogP contribution is -2.32. The molecule has 0 unspecified atom stereocenters. The summed E-state index contributed by atoms with van der Waals surface area (Å²) in [6, 6.07) is 0.725. The van der Waals surface area contributed by atoms with Crippen molar-refractivity contribution < 1.29 is 0 Å². The zero-order valence-electron chi connectivity index (χ0n) is 11.2. The van der Waals surface area contributed by atoms with Gasteiger partial charge in [0, 0.05) is 31.4 Å². The van der Waals surface area contributed by atoms with Gasteiger partial charge in [-0.3, -0.25) is 4.68 Å². The Balaban J connectivity index is 1.68.